The summed E-state index contributed by atoms with van der Waals surface area (Å²) in [4.78, 5) is 12.1. The lowest BCUT2D eigenvalue weighted by Gasteiger charge is -2.37. The number of ether oxygens (including phenoxy) is 1. The van der Waals surface area contributed by atoms with E-state index in [-0.39, 0.29) is 5.69 Å². The quantitative estimate of drug-likeness (QED) is 0.769. The van der Waals surface area contributed by atoms with Gasteiger partial charge < -0.3 is 14.5 Å². The molecule has 1 aromatic carbocycles. The zero-order chi connectivity index (χ0) is 19.6. The van der Waals surface area contributed by atoms with Crippen LogP contribution in [-0.4, -0.2) is 62.4 Å². The van der Waals surface area contributed by atoms with Crippen LogP contribution in [0.2, 0.25) is 0 Å². The molecule has 2 aliphatic rings. The minimum absolute atomic E-state index is 0.280. The lowest BCUT2D eigenvalue weighted by Crippen LogP contribution is -2.46. The first-order valence-corrected chi connectivity index (χ1v) is 10.2. The predicted molar refractivity (Wildman–Crippen MR) is 104 cm³/mol. The van der Waals surface area contributed by atoms with Crippen LogP contribution in [0.4, 0.5) is 24.0 Å². The molecule has 0 atom stereocenters. The van der Waals surface area contributed by atoms with Crippen LogP contribution in [0.15, 0.2) is 30.5 Å². The molecule has 2 saturated heterocycles. The van der Waals surface area contributed by atoms with Crippen molar-refractivity contribution in [1.82, 2.24) is 9.88 Å². The van der Waals surface area contributed by atoms with E-state index in [9.17, 15) is 13.2 Å². The molecule has 0 saturated carbocycles. The summed E-state index contributed by atoms with van der Waals surface area (Å²) in [6.07, 6.45) is -2.41. The lowest BCUT2D eigenvalue weighted by atomic mass is 10.1. The first-order chi connectivity index (χ1) is 13.5. The van der Waals surface area contributed by atoms with E-state index in [1.165, 1.54) is 10.9 Å². The number of para-hydroxylation sites is 1. The standard InChI is InChI=1S/C19H23F3N4OS/c20-19(21,22)16-3-1-2-4-17(16)25-7-5-24(6-8-25)14-15-13-23-18(28-15)26-9-11-27-12-10-26/h1-4,13H,5-12,14H2. The van der Waals surface area contributed by atoms with Crippen LogP contribution >= 0.6 is 11.3 Å². The minimum atomic E-state index is -4.33. The highest BCUT2D eigenvalue weighted by Crippen LogP contribution is 2.36. The van der Waals surface area contributed by atoms with E-state index in [4.69, 9.17) is 4.74 Å². The molecule has 5 nitrogen and oxygen atoms in total. The average Bonchev–Trinajstić information content (AvgIpc) is 3.17. The molecule has 0 amide bonds. The van der Waals surface area contributed by atoms with Crippen molar-refractivity contribution in [2.24, 2.45) is 0 Å². The third-order valence-electron chi connectivity index (χ3n) is 5.12. The summed E-state index contributed by atoms with van der Waals surface area (Å²) in [7, 11) is 0. The maximum atomic E-state index is 13.3. The highest BCUT2D eigenvalue weighted by molar-refractivity contribution is 7.15. The molecule has 0 aliphatic carbocycles. The van der Waals surface area contributed by atoms with Gasteiger partial charge in [-0.1, -0.05) is 12.1 Å². The number of anilines is 2. The fraction of sp³-hybridized carbons (Fsp3) is 0.526. The number of alkyl halides is 3. The summed E-state index contributed by atoms with van der Waals surface area (Å²) in [6.45, 7) is 6.62. The summed E-state index contributed by atoms with van der Waals surface area (Å²) in [6, 6.07) is 5.84. The molecule has 4 rings (SSSR count). The van der Waals surface area contributed by atoms with Crippen LogP contribution in [0.1, 0.15) is 10.4 Å². The zero-order valence-electron chi connectivity index (χ0n) is 15.5. The number of thiazole rings is 1. The summed E-state index contributed by atoms with van der Waals surface area (Å²) < 4.78 is 45.2. The Hall–Kier alpha value is -1.84. The Morgan fingerprint density at radius 1 is 0.964 bits per heavy atom. The van der Waals surface area contributed by atoms with E-state index in [1.54, 1.807) is 23.5 Å². The number of halogens is 3. The van der Waals surface area contributed by atoms with Crippen molar-refractivity contribution in [1.29, 1.82) is 0 Å². The van der Waals surface area contributed by atoms with Crippen molar-refractivity contribution < 1.29 is 17.9 Å². The Bertz CT molecular complexity index is 783. The monoisotopic (exact) mass is 412 g/mol. The molecule has 28 heavy (non-hydrogen) atoms. The van der Waals surface area contributed by atoms with E-state index in [1.807, 2.05) is 11.1 Å². The van der Waals surface area contributed by atoms with Crippen LogP contribution in [0.5, 0.6) is 0 Å². The van der Waals surface area contributed by atoms with Crippen molar-refractivity contribution in [2.45, 2.75) is 12.7 Å². The molecule has 0 unspecified atom stereocenters. The smallest absolute Gasteiger partial charge is 0.378 e. The Kier molecular flexibility index (Phi) is 5.75. The van der Waals surface area contributed by atoms with Crippen molar-refractivity contribution in [2.75, 3.05) is 62.3 Å². The molecule has 2 fully saturated rings. The number of rotatable bonds is 4. The van der Waals surface area contributed by atoms with Crippen LogP contribution in [0.3, 0.4) is 0 Å². The molecule has 9 heteroatoms. The van der Waals surface area contributed by atoms with E-state index >= 15 is 0 Å². The van der Waals surface area contributed by atoms with Crippen molar-refractivity contribution in [3.63, 3.8) is 0 Å². The number of aromatic nitrogens is 1. The van der Waals surface area contributed by atoms with Gasteiger partial charge >= 0.3 is 6.18 Å². The van der Waals surface area contributed by atoms with Crippen LogP contribution in [0.25, 0.3) is 0 Å². The summed E-state index contributed by atoms with van der Waals surface area (Å²) in [5, 5.41) is 1.02. The summed E-state index contributed by atoms with van der Waals surface area (Å²) in [5.74, 6) is 0. The molecule has 0 spiro atoms. The molecule has 0 N–H and O–H groups in total. The van der Waals surface area contributed by atoms with Crippen LogP contribution in [0, 0.1) is 0 Å². The molecule has 0 bridgehead atoms. The number of nitrogens with zero attached hydrogens (tertiary/aromatic N) is 4. The van der Waals surface area contributed by atoms with E-state index in [0.29, 0.717) is 13.1 Å². The maximum Gasteiger partial charge on any atom is 0.418 e. The fourth-order valence-electron chi connectivity index (χ4n) is 3.63. The summed E-state index contributed by atoms with van der Waals surface area (Å²) in [5.41, 5.74) is -0.275. The number of hydrogen-bond donors (Lipinski definition) is 0. The van der Waals surface area contributed by atoms with Gasteiger partial charge in [-0.05, 0) is 12.1 Å². The van der Waals surface area contributed by atoms with Crippen molar-refractivity contribution >= 4 is 22.2 Å². The molecular formula is C19H23F3N4OS. The topological polar surface area (TPSA) is 31.8 Å². The fourth-order valence-corrected chi connectivity index (χ4v) is 4.63. The highest BCUT2D eigenvalue weighted by atomic mass is 32.1. The van der Waals surface area contributed by atoms with Gasteiger partial charge in [0, 0.05) is 62.6 Å². The van der Waals surface area contributed by atoms with Gasteiger partial charge in [-0.2, -0.15) is 13.2 Å². The largest absolute Gasteiger partial charge is 0.418 e. The number of piperazine rings is 1. The van der Waals surface area contributed by atoms with Gasteiger partial charge in [0.2, 0.25) is 0 Å². The number of morpholine rings is 1. The molecule has 152 valence electrons. The molecule has 0 radical (unpaired) electrons. The minimum Gasteiger partial charge on any atom is -0.378 e. The SMILES string of the molecule is FC(F)(F)c1ccccc1N1CCN(Cc2cnc(N3CCOCC3)s2)CC1. The Labute approximate surface area is 166 Å². The normalized spacial score (nSPS) is 19.2. The van der Waals surface area contributed by atoms with E-state index < -0.39 is 11.7 Å². The van der Waals surface area contributed by atoms with Crippen LogP contribution < -0.4 is 9.80 Å². The second kappa shape index (κ2) is 8.26. The first kappa shape index (κ1) is 19.5. The van der Waals surface area contributed by atoms with Gasteiger partial charge in [0.1, 0.15) is 0 Å². The second-order valence-electron chi connectivity index (χ2n) is 6.99. The van der Waals surface area contributed by atoms with Gasteiger partial charge in [-0.25, -0.2) is 4.98 Å². The zero-order valence-corrected chi connectivity index (χ0v) is 16.3. The third kappa shape index (κ3) is 4.42. The highest BCUT2D eigenvalue weighted by Gasteiger charge is 2.35. The summed E-state index contributed by atoms with van der Waals surface area (Å²) >= 11 is 1.69. The molecular weight excluding hydrogens is 389 g/mol. The first-order valence-electron chi connectivity index (χ1n) is 9.41. The Morgan fingerprint density at radius 2 is 1.68 bits per heavy atom. The average molecular weight is 412 g/mol. The van der Waals surface area contributed by atoms with Crippen LogP contribution in [-0.2, 0) is 17.5 Å². The van der Waals surface area contributed by atoms with Gasteiger partial charge in [0.15, 0.2) is 5.13 Å². The molecule has 2 aromatic rings. The van der Waals surface area contributed by atoms with Gasteiger partial charge in [-0.3, -0.25) is 4.90 Å². The Morgan fingerprint density at radius 3 is 2.39 bits per heavy atom. The predicted octanol–water partition coefficient (Wildman–Crippen LogP) is 3.32. The van der Waals surface area contributed by atoms with Gasteiger partial charge in [0.05, 0.1) is 18.8 Å². The molecule has 1 aromatic heterocycles. The van der Waals surface area contributed by atoms with Crippen molar-refractivity contribution in [3.8, 4) is 0 Å². The maximum absolute atomic E-state index is 13.3. The van der Waals surface area contributed by atoms with Gasteiger partial charge in [0.25, 0.3) is 0 Å². The number of benzene rings is 1. The van der Waals surface area contributed by atoms with E-state index in [2.05, 4.69) is 14.8 Å². The molecule has 3 heterocycles. The van der Waals surface area contributed by atoms with Gasteiger partial charge in [-0.15, -0.1) is 11.3 Å². The molecule has 2 aliphatic heterocycles. The van der Waals surface area contributed by atoms with Crippen molar-refractivity contribution in [3.05, 3.63) is 40.9 Å². The lowest BCUT2D eigenvalue weighted by molar-refractivity contribution is -0.137. The second-order valence-corrected chi connectivity index (χ2v) is 8.08. The Balaban J connectivity index is 1.35. The third-order valence-corrected chi connectivity index (χ3v) is 6.17. The van der Waals surface area contributed by atoms with E-state index in [0.717, 1.165) is 57.1 Å². The number of hydrogen-bond acceptors (Lipinski definition) is 6.